The van der Waals surface area contributed by atoms with Crippen molar-refractivity contribution >= 4 is 29.2 Å². The van der Waals surface area contributed by atoms with Gasteiger partial charge in [-0.05, 0) is 5.41 Å². The average Bonchev–Trinajstić information content (AvgIpc) is 2.48. The molecular weight excluding hydrogens is 268 g/mol. The molecule has 92 valence electrons. The maximum Gasteiger partial charge on any atom is 0.425 e. The van der Waals surface area contributed by atoms with E-state index in [1.165, 1.54) is 0 Å². The van der Waals surface area contributed by atoms with E-state index in [1.54, 1.807) is 13.8 Å². The number of rotatable bonds is 1. The molecule has 0 aromatic heterocycles. The maximum atomic E-state index is 12.6. The Morgan fingerprint density at radius 2 is 1.81 bits per heavy atom. The summed E-state index contributed by atoms with van der Waals surface area (Å²) in [6.07, 6.45) is -6.34. The number of hydrogen-bond acceptors (Lipinski definition) is 2. The van der Waals surface area contributed by atoms with Gasteiger partial charge in [0.1, 0.15) is 6.10 Å². The zero-order chi connectivity index (χ0) is 12.5. The first-order valence-corrected chi connectivity index (χ1v) is 5.42. The van der Waals surface area contributed by atoms with Crippen molar-refractivity contribution < 1.29 is 22.7 Å². The van der Waals surface area contributed by atoms with Crippen LogP contribution in [0.4, 0.5) is 13.2 Å². The summed E-state index contributed by atoms with van der Waals surface area (Å²) in [5.74, 6) is -1.72. The predicted octanol–water partition coefficient (Wildman–Crippen LogP) is 2.92. The second-order valence-corrected chi connectivity index (χ2v) is 6.19. The fourth-order valence-corrected chi connectivity index (χ4v) is 2.79. The van der Waals surface area contributed by atoms with E-state index in [-0.39, 0.29) is 0 Å². The molecule has 0 radical (unpaired) electrons. The molecule has 2 rings (SSSR count). The topological polar surface area (TPSA) is 26.3 Å². The Hall–Kier alpha value is -0.160. The lowest BCUT2D eigenvalue weighted by Crippen LogP contribution is -2.47. The number of esters is 1. The summed E-state index contributed by atoms with van der Waals surface area (Å²) in [4.78, 5) is 11.3. The number of ether oxygens (including phenoxy) is 1. The van der Waals surface area contributed by atoms with E-state index in [1.807, 2.05) is 0 Å². The Kier molecular flexibility index (Phi) is 2.30. The number of fused-ring (bicyclic) bond motifs is 1. The van der Waals surface area contributed by atoms with E-state index < -0.39 is 39.8 Å². The molecule has 1 heterocycles. The summed E-state index contributed by atoms with van der Waals surface area (Å²) in [7, 11) is 0. The van der Waals surface area contributed by atoms with Gasteiger partial charge in [0.15, 0.2) is 0 Å². The minimum Gasteiger partial charge on any atom is -0.458 e. The number of hydrogen-bond donors (Lipinski definition) is 0. The molecule has 16 heavy (non-hydrogen) atoms. The lowest BCUT2D eigenvalue weighted by molar-refractivity contribution is -0.176. The van der Waals surface area contributed by atoms with Crippen molar-refractivity contribution in [2.45, 2.75) is 30.5 Å². The average molecular weight is 277 g/mol. The smallest absolute Gasteiger partial charge is 0.425 e. The van der Waals surface area contributed by atoms with Crippen LogP contribution in [0.1, 0.15) is 13.8 Å². The molecule has 2 aliphatic rings. The molecule has 1 saturated heterocycles. The van der Waals surface area contributed by atoms with E-state index in [4.69, 9.17) is 23.2 Å². The molecule has 1 aliphatic heterocycles. The summed E-state index contributed by atoms with van der Waals surface area (Å²) in [5.41, 5.74) is -0.514. The third-order valence-electron chi connectivity index (χ3n) is 3.47. The second kappa shape index (κ2) is 2.99. The highest BCUT2D eigenvalue weighted by molar-refractivity contribution is 6.49. The number of halogens is 5. The predicted molar refractivity (Wildman–Crippen MR) is 51.1 cm³/mol. The Labute approximate surface area is 100 Å². The third-order valence-corrected chi connectivity index (χ3v) is 4.33. The van der Waals surface area contributed by atoms with Crippen LogP contribution in [0.3, 0.4) is 0 Å². The van der Waals surface area contributed by atoms with Crippen molar-refractivity contribution in [3.63, 3.8) is 0 Å². The van der Waals surface area contributed by atoms with Gasteiger partial charge in [-0.1, -0.05) is 37.0 Å². The van der Waals surface area contributed by atoms with Crippen molar-refractivity contribution in [2.75, 3.05) is 0 Å². The fourth-order valence-electron chi connectivity index (χ4n) is 2.43. The van der Waals surface area contributed by atoms with Crippen LogP contribution in [-0.4, -0.2) is 22.6 Å². The molecule has 0 unspecified atom stereocenters. The lowest BCUT2D eigenvalue weighted by atomic mass is 10.0. The molecule has 0 aromatic carbocycles. The number of alkyl halides is 5. The Balaban J connectivity index is 2.29. The van der Waals surface area contributed by atoms with Gasteiger partial charge in [-0.15, -0.1) is 0 Å². The Morgan fingerprint density at radius 3 is 2.12 bits per heavy atom. The maximum absolute atomic E-state index is 12.6. The van der Waals surface area contributed by atoms with E-state index >= 15 is 0 Å². The van der Waals surface area contributed by atoms with E-state index in [9.17, 15) is 18.0 Å². The van der Waals surface area contributed by atoms with Gasteiger partial charge >= 0.3 is 12.1 Å². The van der Waals surface area contributed by atoms with E-state index in [0.29, 0.717) is 0 Å². The van der Waals surface area contributed by atoms with Gasteiger partial charge in [0.25, 0.3) is 0 Å². The molecule has 0 aromatic rings. The van der Waals surface area contributed by atoms with Gasteiger partial charge in [-0.2, -0.15) is 13.2 Å². The zero-order valence-corrected chi connectivity index (χ0v) is 9.95. The summed E-state index contributed by atoms with van der Waals surface area (Å²) in [6, 6.07) is 0. The number of carbonyl (C=O) groups excluding carboxylic acids is 1. The summed E-state index contributed by atoms with van der Waals surface area (Å²) in [6.45, 7) is 3.41. The number of carbonyl (C=O) groups is 1. The molecule has 0 amide bonds. The quantitative estimate of drug-likeness (QED) is 0.544. The first-order chi connectivity index (χ1) is 7.01. The molecule has 2 nitrogen and oxygen atoms in total. The minimum atomic E-state index is -4.82. The molecule has 0 bridgehead atoms. The van der Waals surface area contributed by atoms with Gasteiger partial charge in [0, 0.05) is 5.92 Å². The van der Waals surface area contributed by atoms with Crippen molar-refractivity contribution in [3.8, 4) is 0 Å². The van der Waals surface area contributed by atoms with Crippen LogP contribution in [0.15, 0.2) is 0 Å². The highest BCUT2D eigenvalue weighted by Gasteiger charge is 2.78. The lowest BCUT2D eigenvalue weighted by Gasteiger charge is -2.30. The summed E-state index contributed by atoms with van der Waals surface area (Å²) in [5, 5.41) is 0. The summed E-state index contributed by atoms with van der Waals surface area (Å²) >= 11 is 10.6. The molecule has 0 spiro atoms. The molecule has 0 N–H and O–H groups in total. The van der Waals surface area contributed by atoms with E-state index in [0.717, 1.165) is 0 Å². The standard InChI is InChI=1S/C9H9Cl2F3O2/c1-7(2)3-4(7)6(15)16-5(3)8(10,11)9(12,13)14/h3-5H,1-2H3/t3-,4+,5-/m1/s1. The van der Waals surface area contributed by atoms with Crippen molar-refractivity contribution in [3.05, 3.63) is 0 Å². The molecule has 2 fully saturated rings. The summed E-state index contributed by atoms with van der Waals surface area (Å²) < 4.78 is 39.4. The molecule has 7 heteroatoms. The largest absolute Gasteiger partial charge is 0.458 e. The molecule has 3 atom stereocenters. The monoisotopic (exact) mass is 276 g/mol. The van der Waals surface area contributed by atoms with Gasteiger partial charge < -0.3 is 4.74 Å². The fraction of sp³-hybridized carbons (Fsp3) is 0.889. The second-order valence-electron chi connectivity index (χ2n) is 4.80. The first-order valence-electron chi connectivity index (χ1n) is 4.66. The van der Waals surface area contributed by atoms with Crippen LogP contribution in [-0.2, 0) is 9.53 Å². The van der Waals surface area contributed by atoms with Gasteiger partial charge in [0.2, 0.25) is 4.33 Å². The Morgan fingerprint density at radius 1 is 1.31 bits per heavy atom. The van der Waals surface area contributed by atoms with Crippen LogP contribution in [0.25, 0.3) is 0 Å². The van der Waals surface area contributed by atoms with Crippen molar-refractivity contribution in [1.82, 2.24) is 0 Å². The highest BCUT2D eigenvalue weighted by Crippen LogP contribution is 2.68. The van der Waals surface area contributed by atoms with Gasteiger partial charge in [-0.3, -0.25) is 4.79 Å². The van der Waals surface area contributed by atoms with Crippen LogP contribution in [0.2, 0.25) is 0 Å². The van der Waals surface area contributed by atoms with Crippen LogP contribution in [0.5, 0.6) is 0 Å². The zero-order valence-electron chi connectivity index (χ0n) is 8.44. The minimum absolute atomic E-state index is 0.514. The normalized spacial score (nSPS) is 36.9. The third kappa shape index (κ3) is 1.37. The number of cyclic esters (lactones) is 1. The van der Waals surface area contributed by atoms with Gasteiger partial charge in [0.05, 0.1) is 5.92 Å². The van der Waals surface area contributed by atoms with Crippen molar-refractivity contribution in [2.24, 2.45) is 17.3 Å². The van der Waals surface area contributed by atoms with Crippen LogP contribution >= 0.6 is 23.2 Å². The van der Waals surface area contributed by atoms with Crippen molar-refractivity contribution in [1.29, 1.82) is 0 Å². The highest BCUT2D eigenvalue weighted by atomic mass is 35.5. The SMILES string of the molecule is CC1(C)[C@@H]2[C@H]1C(=O)O[C@H]2C(Cl)(Cl)C(F)(F)F. The van der Waals surface area contributed by atoms with Crippen LogP contribution in [0, 0.1) is 17.3 Å². The molecule has 1 saturated carbocycles. The van der Waals surface area contributed by atoms with Gasteiger partial charge in [-0.25, -0.2) is 0 Å². The van der Waals surface area contributed by atoms with E-state index in [2.05, 4.69) is 4.74 Å². The van der Waals surface area contributed by atoms with Crippen LogP contribution < -0.4 is 0 Å². The first kappa shape index (κ1) is 12.3. The molecule has 1 aliphatic carbocycles. The Bertz CT molecular complexity index is 351. The molecular formula is C9H9Cl2F3O2.